The first-order valence-corrected chi connectivity index (χ1v) is 11.0. The molecular formula is C24H26FN3O3. The average molecular weight is 423 g/mol. The van der Waals surface area contributed by atoms with Crippen LogP contribution in [0.4, 0.5) is 10.1 Å². The lowest BCUT2D eigenvalue weighted by atomic mass is 9.76. The second-order valence-electron chi connectivity index (χ2n) is 8.81. The Morgan fingerprint density at radius 1 is 1.13 bits per heavy atom. The minimum atomic E-state index is -0.666. The van der Waals surface area contributed by atoms with Gasteiger partial charge in [-0.25, -0.2) is 9.18 Å². The summed E-state index contributed by atoms with van der Waals surface area (Å²) in [5, 5.41) is 3.22. The highest BCUT2D eigenvalue weighted by Crippen LogP contribution is 2.47. The normalized spacial score (nSPS) is 25.9. The molecule has 1 aliphatic carbocycles. The number of aromatic nitrogens is 1. The number of carbonyl (C=O) groups is 2. The van der Waals surface area contributed by atoms with E-state index in [0.29, 0.717) is 31.2 Å². The molecule has 2 fully saturated rings. The third-order valence-corrected chi connectivity index (χ3v) is 6.93. The predicted molar refractivity (Wildman–Crippen MR) is 113 cm³/mol. The smallest absolute Gasteiger partial charge is 0.341 e. The van der Waals surface area contributed by atoms with E-state index in [2.05, 4.69) is 15.2 Å². The van der Waals surface area contributed by atoms with Crippen LogP contribution in [0.25, 0.3) is 0 Å². The molecule has 6 nitrogen and oxygen atoms in total. The molecule has 0 unspecified atom stereocenters. The fraction of sp³-hybridized carbons (Fsp3) is 0.458. The number of fused-ring (bicyclic) bond motifs is 2. The van der Waals surface area contributed by atoms with E-state index in [1.54, 1.807) is 30.5 Å². The van der Waals surface area contributed by atoms with E-state index >= 15 is 0 Å². The molecule has 3 heterocycles. The monoisotopic (exact) mass is 423 g/mol. The number of benzene rings is 1. The molecule has 1 amide bonds. The first-order valence-electron chi connectivity index (χ1n) is 11.0. The van der Waals surface area contributed by atoms with Gasteiger partial charge in [0.1, 0.15) is 5.82 Å². The lowest BCUT2D eigenvalue weighted by Crippen LogP contribution is -2.47. The Labute approximate surface area is 180 Å². The van der Waals surface area contributed by atoms with Crippen molar-refractivity contribution in [1.82, 2.24) is 10.3 Å². The van der Waals surface area contributed by atoms with E-state index in [-0.39, 0.29) is 29.7 Å². The van der Waals surface area contributed by atoms with E-state index in [4.69, 9.17) is 4.74 Å². The van der Waals surface area contributed by atoms with Gasteiger partial charge in [-0.15, -0.1) is 0 Å². The second kappa shape index (κ2) is 7.94. The molecule has 2 aliphatic heterocycles. The largest absolute Gasteiger partial charge is 0.449 e. The van der Waals surface area contributed by atoms with Gasteiger partial charge in [-0.05, 0) is 68.9 Å². The Balaban J connectivity index is 1.14. The zero-order valence-corrected chi connectivity index (χ0v) is 17.4. The maximum absolute atomic E-state index is 13.5. The van der Waals surface area contributed by atoms with Crippen LogP contribution in [0.5, 0.6) is 0 Å². The molecule has 1 aromatic heterocycles. The molecule has 162 valence electrons. The van der Waals surface area contributed by atoms with Crippen molar-refractivity contribution in [2.24, 2.45) is 5.92 Å². The van der Waals surface area contributed by atoms with Gasteiger partial charge in [-0.3, -0.25) is 9.78 Å². The van der Waals surface area contributed by atoms with Crippen LogP contribution < -0.4 is 10.2 Å². The van der Waals surface area contributed by atoms with Crippen molar-refractivity contribution in [1.29, 1.82) is 0 Å². The van der Waals surface area contributed by atoms with Crippen LogP contribution in [0, 0.1) is 11.7 Å². The van der Waals surface area contributed by atoms with E-state index < -0.39 is 5.60 Å². The highest BCUT2D eigenvalue weighted by atomic mass is 19.1. The third kappa shape index (κ3) is 3.77. The molecule has 0 radical (unpaired) electrons. The van der Waals surface area contributed by atoms with Crippen molar-refractivity contribution in [3.63, 3.8) is 0 Å². The van der Waals surface area contributed by atoms with Gasteiger partial charge in [0.05, 0.1) is 11.3 Å². The number of carbonyl (C=O) groups excluding carboxylic acids is 2. The van der Waals surface area contributed by atoms with E-state index in [0.717, 1.165) is 37.3 Å². The van der Waals surface area contributed by atoms with Crippen LogP contribution in [-0.2, 0) is 15.1 Å². The Bertz CT molecular complexity index is 995. The zero-order valence-electron chi connectivity index (χ0n) is 17.4. The summed E-state index contributed by atoms with van der Waals surface area (Å²) in [7, 11) is 0. The number of nitrogens with one attached hydrogen (secondary N) is 1. The Morgan fingerprint density at radius 2 is 1.90 bits per heavy atom. The van der Waals surface area contributed by atoms with Gasteiger partial charge in [0.25, 0.3) is 0 Å². The van der Waals surface area contributed by atoms with E-state index in [9.17, 15) is 14.0 Å². The van der Waals surface area contributed by atoms with Gasteiger partial charge < -0.3 is 15.0 Å². The highest BCUT2D eigenvalue weighted by Gasteiger charge is 2.49. The van der Waals surface area contributed by atoms with Crippen LogP contribution in [0.1, 0.15) is 54.6 Å². The van der Waals surface area contributed by atoms with Crippen molar-refractivity contribution < 1.29 is 18.7 Å². The molecule has 1 N–H and O–H groups in total. The molecule has 1 saturated heterocycles. The second-order valence-corrected chi connectivity index (χ2v) is 8.81. The van der Waals surface area contributed by atoms with Gasteiger partial charge in [0, 0.05) is 36.9 Å². The molecule has 1 saturated carbocycles. The summed E-state index contributed by atoms with van der Waals surface area (Å²) in [6.07, 6.45) is 5.98. The molecule has 2 aromatic rings. The topological polar surface area (TPSA) is 71.5 Å². The predicted octanol–water partition coefficient (Wildman–Crippen LogP) is 3.56. The lowest BCUT2D eigenvalue weighted by molar-refractivity contribution is -0.129. The summed E-state index contributed by atoms with van der Waals surface area (Å²) in [5.74, 6) is -0.521. The first-order chi connectivity index (χ1) is 15.0. The number of piperidine rings is 1. The molecule has 1 spiro atoms. The fourth-order valence-corrected chi connectivity index (χ4v) is 5.17. The van der Waals surface area contributed by atoms with Crippen molar-refractivity contribution in [3.8, 4) is 0 Å². The quantitative estimate of drug-likeness (QED) is 0.765. The first kappa shape index (κ1) is 20.0. The summed E-state index contributed by atoms with van der Waals surface area (Å²) in [6.45, 7) is 1.58. The number of halogens is 1. The standard InChI is InChI=1S/C24H26FN3O3/c25-17-3-1-4-19(15-17)28-13-8-18(9-14-28)27-22(29)16-6-10-24(11-7-16)21-20(23(30)31-24)5-2-12-26-21/h1-5,12,15-16,18H,6-11,13-14H2,(H,27,29)/t16-,24+. The van der Waals surface area contributed by atoms with Crippen LogP contribution in [0.2, 0.25) is 0 Å². The maximum atomic E-state index is 13.5. The van der Waals surface area contributed by atoms with Crippen molar-refractivity contribution in [2.75, 3.05) is 18.0 Å². The van der Waals surface area contributed by atoms with Crippen LogP contribution in [0.3, 0.4) is 0 Å². The van der Waals surface area contributed by atoms with Crippen molar-refractivity contribution in [2.45, 2.75) is 50.2 Å². The van der Waals surface area contributed by atoms with Crippen LogP contribution >= 0.6 is 0 Å². The molecule has 5 rings (SSSR count). The number of nitrogens with zero attached hydrogens (tertiary/aromatic N) is 2. The number of amides is 1. The summed E-state index contributed by atoms with van der Waals surface area (Å²) in [4.78, 5) is 31.7. The number of hydrogen-bond donors (Lipinski definition) is 1. The van der Waals surface area contributed by atoms with E-state index in [1.807, 2.05) is 6.07 Å². The molecular weight excluding hydrogens is 397 g/mol. The molecule has 7 heteroatoms. The van der Waals surface area contributed by atoms with E-state index in [1.165, 1.54) is 6.07 Å². The lowest BCUT2D eigenvalue weighted by Gasteiger charge is -2.37. The number of pyridine rings is 1. The van der Waals surface area contributed by atoms with Gasteiger partial charge in [0.15, 0.2) is 5.60 Å². The molecule has 0 bridgehead atoms. The van der Waals surface area contributed by atoms with Crippen molar-refractivity contribution in [3.05, 3.63) is 59.7 Å². The Kier molecular flexibility index (Phi) is 5.12. The van der Waals surface area contributed by atoms with Crippen molar-refractivity contribution >= 4 is 17.6 Å². The average Bonchev–Trinajstić information content (AvgIpc) is 3.06. The van der Waals surface area contributed by atoms with Gasteiger partial charge in [-0.2, -0.15) is 0 Å². The van der Waals surface area contributed by atoms with Crippen LogP contribution in [-0.4, -0.2) is 36.0 Å². The molecule has 0 atom stereocenters. The number of ether oxygens (including phenoxy) is 1. The summed E-state index contributed by atoms with van der Waals surface area (Å²) in [6, 6.07) is 10.3. The number of anilines is 1. The Morgan fingerprint density at radius 3 is 2.65 bits per heavy atom. The molecule has 1 aromatic carbocycles. The van der Waals surface area contributed by atoms with Gasteiger partial charge >= 0.3 is 5.97 Å². The highest BCUT2D eigenvalue weighted by molar-refractivity contribution is 5.94. The maximum Gasteiger partial charge on any atom is 0.341 e. The minimum Gasteiger partial charge on any atom is -0.449 e. The Hall–Kier alpha value is -2.96. The molecule has 31 heavy (non-hydrogen) atoms. The number of rotatable bonds is 3. The molecule has 3 aliphatic rings. The summed E-state index contributed by atoms with van der Waals surface area (Å²) < 4.78 is 19.2. The number of esters is 1. The zero-order chi connectivity index (χ0) is 21.4. The third-order valence-electron chi connectivity index (χ3n) is 6.93. The van der Waals surface area contributed by atoms with Gasteiger partial charge in [-0.1, -0.05) is 6.07 Å². The van der Waals surface area contributed by atoms with Gasteiger partial charge in [0.2, 0.25) is 5.91 Å². The minimum absolute atomic E-state index is 0.0710. The number of hydrogen-bond acceptors (Lipinski definition) is 5. The summed E-state index contributed by atoms with van der Waals surface area (Å²) in [5.41, 5.74) is 1.50. The van der Waals surface area contributed by atoms with Crippen LogP contribution in [0.15, 0.2) is 42.6 Å². The fourth-order valence-electron chi connectivity index (χ4n) is 5.17. The summed E-state index contributed by atoms with van der Waals surface area (Å²) >= 11 is 0. The SMILES string of the molecule is O=C1O[C@]2(CC[C@@H](C(=O)NC3CCN(c4cccc(F)c4)CC3)CC2)c2ncccc21.